The lowest BCUT2D eigenvalue weighted by Crippen LogP contribution is -2.05. The summed E-state index contributed by atoms with van der Waals surface area (Å²) in [6, 6.07) is 4.72. The van der Waals surface area contributed by atoms with Crippen LogP contribution in [0.5, 0.6) is 5.75 Å². The molecular weight excluding hydrogens is 196 g/mol. The van der Waals surface area contributed by atoms with Gasteiger partial charge in [0.15, 0.2) is 0 Å². The van der Waals surface area contributed by atoms with Crippen molar-refractivity contribution < 1.29 is 9.76 Å². The lowest BCUT2D eigenvalue weighted by atomic mass is 10.2. The van der Waals surface area contributed by atoms with Crippen LogP contribution in [-0.2, 0) is 0 Å². The van der Waals surface area contributed by atoms with Crippen molar-refractivity contribution in [3.05, 3.63) is 33.9 Å². The van der Waals surface area contributed by atoms with Crippen LogP contribution in [0, 0.1) is 17.0 Å². The highest BCUT2D eigenvalue weighted by Gasteiger charge is 2.17. The van der Waals surface area contributed by atoms with E-state index in [1.807, 2.05) is 0 Å². The first kappa shape index (κ1) is 11.7. The molecule has 2 N–H and O–H groups in total. The minimum atomic E-state index is -0.516. The van der Waals surface area contributed by atoms with E-state index in [9.17, 15) is 10.1 Å². The maximum atomic E-state index is 10.5. The van der Waals surface area contributed by atoms with Gasteiger partial charge in [-0.25, -0.2) is 0 Å². The average molecular weight is 205 g/mol. The average Bonchev–Trinajstić information content (AvgIpc) is 2.03. The largest absolute Gasteiger partial charge is 0.404 e. The summed E-state index contributed by atoms with van der Waals surface area (Å²) in [5, 5.41) is 10.5. The zero-order valence-electron chi connectivity index (χ0n) is 6.89. The van der Waals surface area contributed by atoms with Crippen LogP contribution in [-0.4, -0.2) is 4.92 Å². The van der Waals surface area contributed by atoms with Crippen LogP contribution in [0.3, 0.4) is 0 Å². The fraction of sp³-hybridized carbons (Fsp3) is 0.143. The van der Waals surface area contributed by atoms with Gasteiger partial charge >= 0.3 is 5.69 Å². The molecule has 0 amide bonds. The molecule has 13 heavy (non-hydrogen) atoms. The number of nitrogens with zero attached hydrogens (tertiary/aromatic N) is 1. The van der Waals surface area contributed by atoms with Gasteiger partial charge in [0, 0.05) is 5.56 Å². The summed E-state index contributed by atoms with van der Waals surface area (Å²) in [7, 11) is 0. The summed E-state index contributed by atoms with van der Waals surface area (Å²) in [6.07, 6.45) is 0. The van der Waals surface area contributed by atoms with Crippen molar-refractivity contribution in [1.82, 2.24) is 0 Å². The third-order valence-electron chi connectivity index (χ3n) is 1.51. The molecule has 0 aromatic heterocycles. The summed E-state index contributed by atoms with van der Waals surface area (Å²) in [5.74, 6) is 4.94. The van der Waals surface area contributed by atoms with Gasteiger partial charge in [0.05, 0.1) is 4.92 Å². The first-order chi connectivity index (χ1) is 5.66. The smallest absolute Gasteiger partial charge is 0.316 e. The maximum Gasteiger partial charge on any atom is 0.316 e. The van der Waals surface area contributed by atoms with Crippen molar-refractivity contribution in [3.8, 4) is 5.75 Å². The third-order valence-corrected chi connectivity index (χ3v) is 1.51. The van der Waals surface area contributed by atoms with E-state index in [2.05, 4.69) is 4.84 Å². The highest BCUT2D eigenvalue weighted by Crippen LogP contribution is 2.28. The standard InChI is InChI=1S/C7H8N2O3.ClH/c1-5-3-2-4-6(12-8)7(5)9(10)11;/h2-4H,8H2,1H3;1H. The van der Waals surface area contributed by atoms with E-state index >= 15 is 0 Å². The van der Waals surface area contributed by atoms with Crippen LogP contribution >= 0.6 is 12.4 Å². The molecule has 1 aromatic rings. The predicted molar refractivity (Wildman–Crippen MR) is 49.9 cm³/mol. The monoisotopic (exact) mass is 204 g/mol. The molecule has 0 atom stereocenters. The number of benzene rings is 1. The zero-order chi connectivity index (χ0) is 9.14. The normalized spacial score (nSPS) is 8.77. The van der Waals surface area contributed by atoms with E-state index in [0.29, 0.717) is 5.56 Å². The Balaban J connectivity index is 0.00000144. The molecule has 0 heterocycles. The van der Waals surface area contributed by atoms with Gasteiger partial charge in [-0.3, -0.25) is 10.1 Å². The van der Waals surface area contributed by atoms with E-state index in [0.717, 1.165) is 0 Å². The minimum Gasteiger partial charge on any atom is -0.404 e. The Morgan fingerprint density at radius 1 is 1.54 bits per heavy atom. The quantitative estimate of drug-likeness (QED) is 0.586. The molecule has 1 aromatic carbocycles. The van der Waals surface area contributed by atoms with Crippen LogP contribution in [0.15, 0.2) is 18.2 Å². The molecule has 0 saturated heterocycles. The number of nitro groups is 1. The Morgan fingerprint density at radius 3 is 2.54 bits per heavy atom. The molecule has 0 aliphatic carbocycles. The van der Waals surface area contributed by atoms with Crippen LogP contribution in [0.4, 0.5) is 5.69 Å². The molecular formula is C7H9ClN2O3. The molecule has 0 saturated carbocycles. The van der Waals surface area contributed by atoms with Gasteiger partial charge in [-0.1, -0.05) is 12.1 Å². The van der Waals surface area contributed by atoms with Gasteiger partial charge in [-0.05, 0) is 13.0 Å². The molecule has 5 nitrogen and oxygen atoms in total. The van der Waals surface area contributed by atoms with E-state index in [-0.39, 0.29) is 23.8 Å². The van der Waals surface area contributed by atoms with Gasteiger partial charge < -0.3 is 4.84 Å². The van der Waals surface area contributed by atoms with Crippen molar-refractivity contribution in [3.63, 3.8) is 0 Å². The second-order valence-corrected chi connectivity index (χ2v) is 2.30. The molecule has 0 aliphatic rings. The molecule has 0 radical (unpaired) electrons. The number of aryl methyl sites for hydroxylation is 1. The molecule has 1 rings (SSSR count). The second-order valence-electron chi connectivity index (χ2n) is 2.30. The number of para-hydroxylation sites is 1. The van der Waals surface area contributed by atoms with Crippen LogP contribution in [0.2, 0.25) is 0 Å². The zero-order valence-corrected chi connectivity index (χ0v) is 7.71. The fourth-order valence-corrected chi connectivity index (χ4v) is 0.961. The van der Waals surface area contributed by atoms with Crippen molar-refractivity contribution in [2.24, 2.45) is 5.90 Å². The Bertz CT molecular complexity index is 317. The van der Waals surface area contributed by atoms with E-state index in [1.54, 1.807) is 19.1 Å². The van der Waals surface area contributed by atoms with Gasteiger partial charge in [-0.2, -0.15) is 5.90 Å². The number of nitro benzene ring substituents is 1. The summed E-state index contributed by atoms with van der Waals surface area (Å²) < 4.78 is 0. The molecule has 0 bridgehead atoms. The molecule has 0 unspecified atom stereocenters. The van der Waals surface area contributed by atoms with E-state index < -0.39 is 4.92 Å². The van der Waals surface area contributed by atoms with Gasteiger partial charge in [0.25, 0.3) is 0 Å². The molecule has 6 heteroatoms. The Morgan fingerprint density at radius 2 is 2.15 bits per heavy atom. The lowest BCUT2D eigenvalue weighted by molar-refractivity contribution is -0.386. The predicted octanol–water partition coefficient (Wildman–Crippen LogP) is 1.58. The fourth-order valence-electron chi connectivity index (χ4n) is 0.961. The van der Waals surface area contributed by atoms with E-state index in [4.69, 9.17) is 5.90 Å². The summed E-state index contributed by atoms with van der Waals surface area (Å²) >= 11 is 0. The lowest BCUT2D eigenvalue weighted by Gasteiger charge is -2.01. The summed E-state index contributed by atoms with van der Waals surface area (Å²) in [5.41, 5.74) is 0.447. The topological polar surface area (TPSA) is 78.4 Å². The summed E-state index contributed by atoms with van der Waals surface area (Å²) in [4.78, 5) is 14.3. The van der Waals surface area contributed by atoms with Crippen molar-refractivity contribution in [2.45, 2.75) is 6.92 Å². The number of nitrogens with two attached hydrogens (primary N) is 1. The highest BCUT2D eigenvalue weighted by atomic mass is 35.5. The van der Waals surface area contributed by atoms with Crippen LogP contribution in [0.25, 0.3) is 0 Å². The van der Waals surface area contributed by atoms with Gasteiger partial charge in [-0.15, -0.1) is 12.4 Å². The maximum absolute atomic E-state index is 10.5. The SMILES string of the molecule is Cc1cccc(ON)c1[N+](=O)[O-].Cl. The number of halogens is 1. The molecule has 0 aliphatic heterocycles. The molecule has 0 fully saturated rings. The molecule has 72 valence electrons. The van der Waals surface area contributed by atoms with Gasteiger partial charge in [0.1, 0.15) is 0 Å². The molecule has 0 spiro atoms. The minimum absolute atomic E-state index is 0. The van der Waals surface area contributed by atoms with E-state index in [1.165, 1.54) is 6.07 Å². The first-order valence-electron chi connectivity index (χ1n) is 3.27. The Kier molecular flexibility index (Phi) is 4.16. The Labute approximate surface area is 81.0 Å². The van der Waals surface area contributed by atoms with Crippen molar-refractivity contribution in [2.75, 3.05) is 0 Å². The first-order valence-corrected chi connectivity index (χ1v) is 3.27. The van der Waals surface area contributed by atoms with Crippen LogP contribution < -0.4 is 10.7 Å². The highest BCUT2D eigenvalue weighted by molar-refractivity contribution is 5.85. The number of hydrogen-bond donors (Lipinski definition) is 1. The number of rotatable bonds is 2. The van der Waals surface area contributed by atoms with Crippen molar-refractivity contribution in [1.29, 1.82) is 0 Å². The van der Waals surface area contributed by atoms with Crippen molar-refractivity contribution >= 4 is 18.1 Å². The third kappa shape index (κ3) is 2.30. The number of hydrogen-bond acceptors (Lipinski definition) is 4. The Hall–Kier alpha value is -1.33. The van der Waals surface area contributed by atoms with Gasteiger partial charge in [0.2, 0.25) is 5.75 Å². The second kappa shape index (κ2) is 4.64. The summed E-state index contributed by atoms with van der Waals surface area (Å²) in [6.45, 7) is 1.63. The van der Waals surface area contributed by atoms with Crippen LogP contribution in [0.1, 0.15) is 5.56 Å².